The smallest absolute Gasteiger partial charge is 0.338 e. The number of hydrogen-bond donors (Lipinski definition) is 3. The van der Waals surface area contributed by atoms with Gasteiger partial charge in [0.15, 0.2) is 0 Å². The zero-order valence-corrected chi connectivity index (χ0v) is 23.9. The van der Waals surface area contributed by atoms with Crippen LogP contribution in [0.25, 0.3) is 0 Å². The lowest BCUT2D eigenvalue weighted by atomic mass is 9.41. The molecule has 0 unspecified atom stereocenters. The molecule has 1 aromatic rings. The lowest BCUT2D eigenvalue weighted by Gasteiger charge is -2.71. The van der Waals surface area contributed by atoms with Crippen LogP contribution in [-0.2, 0) is 14.2 Å². The summed E-state index contributed by atoms with van der Waals surface area (Å²) in [5.74, 6) is -1.01. The normalized spacial score (nSPS) is 50.1. The molecule has 1 aromatic carbocycles. The van der Waals surface area contributed by atoms with Crippen LogP contribution in [0.2, 0.25) is 0 Å². The Morgan fingerprint density at radius 2 is 1.85 bits per heavy atom. The molecular formula is C31H43NO8. The van der Waals surface area contributed by atoms with Crippen molar-refractivity contribution < 1.29 is 39.1 Å². The average molecular weight is 558 g/mol. The maximum atomic E-state index is 13.4. The van der Waals surface area contributed by atoms with E-state index >= 15 is 0 Å². The maximum absolute atomic E-state index is 13.4. The average Bonchev–Trinajstić information content (AvgIpc) is 3.37. The summed E-state index contributed by atoms with van der Waals surface area (Å²) < 4.78 is 23.6. The summed E-state index contributed by atoms with van der Waals surface area (Å²) in [5, 5.41) is 37.4. The van der Waals surface area contributed by atoms with E-state index in [1.165, 1.54) is 0 Å². The molecule has 0 aromatic heterocycles. The molecule has 1 aliphatic heterocycles. The van der Waals surface area contributed by atoms with Crippen molar-refractivity contribution in [3.05, 3.63) is 29.8 Å². The number of fused-ring (bicyclic) bond motifs is 2. The van der Waals surface area contributed by atoms with Crippen molar-refractivity contribution in [1.29, 1.82) is 0 Å². The van der Waals surface area contributed by atoms with Crippen molar-refractivity contribution in [1.82, 2.24) is 4.90 Å². The Hall–Kier alpha value is -1.75. The molecular weight excluding hydrogens is 514 g/mol. The Bertz CT molecular complexity index is 1180. The van der Waals surface area contributed by atoms with E-state index in [4.69, 9.17) is 18.9 Å². The number of piperidine rings is 1. The van der Waals surface area contributed by atoms with Gasteiger partial charge in [-0.3, -0.25) is 4.90 Å². The van der Waals surface area contributed by atoms with Crippen LogP contribution in [0.1, 0.15) is 49.4 Å². The number of likely N-dealkylation sites (tertiary alicyclic amines) is 1. The summed E-state index contributed by atoms with van der Waals surface area (Å²) in [6.45, 7) is 4.09. The number of nitrogens with zero attached hydrogens (tertiary/aromatic N) is 1. The van der Waals surface area contributed by atoms with Crippen molar-refractivity contribution in [2.75, 3.05) is 41.0 Å². The van der Waals surface area contributed by atoms with Gasteiger partial charge in [-0.1, -0.05) is 6.92 Å². The lowest BCUT2D eigenvalue weighted by Crippen LogP contribution is -2.81. The Kier molecular flexibility index (Phi) is 6.02. The SMILES string of the molecule is CCN1C[C@@]2(COC)CC[C@@H](OC)[C@]34[C@@H]5C[C@H]6[C@H](OC(=O)c7ccc(OC)cc7)[C@@H]5[C@](O)(C[C@H]6O)[C@H](C[C@@]23O)[C@H]14. The zero-order chi connectivity index (χ0) is 28.2. The van der Waals surface area contributed by atoms with Gasteiger partial charge in [-0.2, -0.15) is 0 Å². The first-order valence-corrected chi connectivity index (χ1v) is 14.9. The van der Waals surface area contributed by atoms with Gasteiger partial charge in [0.25, 0.3) is 0 Å². The summed E-state index contributed by atoms with van der Waals surface area (Å²) in [6.07, 6.45) is 1.15. The molecule has 6 aliphatic rings. The molecule has 40 heavy (non-hydrogen) atoms. The van der Waals surface area contributed by atoms with Gasteiger partial charge in [-0.05, 0) is 62.4 Å². The minimum Gasteiger partial charge on any atom is -0.497 e. The van der Waals surface area contributed by atoms with Crippen LogP contribution in [0.5, 0.6) is 5.75 Å². The van der Waals surface area contributed by atoms with Crippen molar-refractivity contribution in [2.24, 2.45) is 34.5 Å². The third-order valence-corrected chi connectivity index (χ3v) is 12.6. The Labute approximate surface area is 235 Å². The third kappa shape index (κ3) is 2.97. The van der Waals surface area contributed by atoms with Gasteiger partial charge >= 0.3 is 5.97 Å². The molecule has 1 heterocycles. The van der Waals surface area contributed by atoms with E-state index in [1.54, 1.807) is 45.6 Å². The summed E-state index contributed by atoms with van der Waals surface area (Å²) in [7, 11) is 5.02. The van der Waals surface area contributed by atoms with Crippen LogP contribution >= 0.6 is 0 Å². The fourth-order valence-electron chi connectivity index (χ4n) is 11.4. The van der Waals surface area contributed by atoms with Crippen LogP contribution in [0.3, 0.4) is 0 Å². The van der Waals surface area contributed by atoms with Gasteiger partial charge in [0.1, 0.15) is 11.9 Å². The molecule has 3 N–H and O–H groups in total. The molecule has 12 atom stereocenters. The third-order valence-electron chi connectivity index (χ3n) is 12.6. The monoisotopic (exact) mass is 557 g/mol. The quantitative estimate of drug-likeness (QED) is 0.432. The summed E-state index contributed by atoms with van der Waals surface area (Å²) in [5.41, 5.74) is -3.14. The zero-order valence-electron chi connectivity index (χ0n) is 23.9. The highest BCUT2D eigenvalue weighted by molar-refractivity contribution is 5.89. The topological polar surface area (TPSA) is 118 Å². The van der Waals surface area contributed by atoms with Crippen LogP contribution in [0, 0.1) is 34.5 Å². The highest BCUT2D eigenvalue weighted by atomic mass is 16.5. The number of methoxy groups -OCH3 is 3. The van der Waals surface area contributed by atoms with E-state index in [0.29, 0.717) is 37.3 Å². The Morgan fingerprint density at radius 3 is 2.50 bits per heavy atom. The maximum Gasteiger partial charge on any atom is 0.338 e. The predicted molar refractivity (Wildman–Crippen MR) is 144 cm³/mol. The van der Waals surface area contributed by atoms with Gasteiger partial charge in [0.2, 0.25) is 0 Å². The first-order chi connectivity index (χ1) is 19.2. The molecule has 220 valence electrons. The number of aliphatic hydroxyl groups excluding tert-OH is 1. The molecule has 5 saturated carbocycles. The first-order valence-electron chi connectivity index (χ1n) is 14.9. The first kappa shape index (κ1) is 27.1. The van der Waals surface area contributed by atoms with Crippen molar-refractivity contribution in [2.45, 2.75) is 74.6 Å². The van der Waals surface area contributed by atoms with Crippen LogP contribution in [0.4, 0.5) is 0 Å². The molecule has 9 nitrogen and oxygen atoms in total. The highest BCUT2D eigenvalue weighted by Crippen LogP contribution is 2.80. The van der Waals surface area contributed by atoms with E-state index in [2.05, 4.69) is 11.8 Å². The number of ether oxygens (including phenoxy) is 4. The molecule has 6 fully saturated rings. The number of benzene rings is 1. The standard InChI is InChI=1S/C31H43NO8/c1-5-32-15-28(16-37-2)11-10-23(39-4)31-20-12-19-22(33)14-29(35,21(26(31)32)13-30(28,31)36)24(20)25(19)40-27(34)17-6-8-18(38-3)9-7-17/h6-9,19-26,33,35-36H,5,10-16H2,1-4H3/t19-,20-,21-,22-,23-,24-,25+,26+,28-,29+,30-,31+/m1/s1. The second-order valence-corrected chi connectivity index (χ2v) is 13.5. The summed E-state index contributed by atoms with van der Waals surface area (Å²) in [6, 6.07) is 6.70. The Morgan fingerprint density at radius 1 is 1.10 bits per heavy atom. The van der Waals surface area contributed by atoms with E-state index in [-0.39, 0.29) is 36.3 Å². The second kappa shape index (κ2) is 8.88. The van der Waals surface area contributed by atoms with Crippen LogP contribution in [-0.4, -0.2) is 103 Å². The van der Waals surface area contributed by atoms with Gasteiger partial charge in [0, 0.05) is 61.8 Å². The van der Waals surface area contributed by atoms with Gasteiger partial charge < -0.3 is 34.3 Å². The van der Waals surface area contributed by atoms with Gasteiger partial charge in [-0.15, -0.1) is 0 Å². The minimum atomic E-state index is -1.28. The van der Waals surface area contributed by atoms with Crippen molar-refractivity contribution >= 4 is 5.97 Å². The fraction of sp³-hybridized carbons (Fsp3) is 0.774. The van der Waals surface area contributed by atoms with Crippen LogP contribution in [0.15, 0.2) is 24.3 Å². The van der Waals surface area contributed by atoms with Gasteiger partial charge in [0.05, 0.1) is 42.7 Å². The highest BCUT2D eigenvalue weighted by Gasteiger charge is 2.88. The van der Waals surface area contributed by atoms with Crippen LogP contribution < -0.4 is 4.74 Å². The summed E-state index contributed by atoms with van der Waals surface area (Å²) >= 11 is 0. The van der Waals surface area contributed by atoms with Crippen molar-refractivity contribution in [3.63, 3.8) is 0 Å². The number of rotatable bonds is 7. The molecule has 5 aliphatic carbocycles. The summed E-state index contributed by atoms with van der Waals surface area (Å²) in [4.78, 5) is 15.9. The van der Waals surface area contributed by atoms with Gasteiger partial charge in [-0.25, -0.2) is 4.79 Å². The second-order valence-electron chi connectivity index (χ2n) is 13.5. The number of esters is 1. The molecule has 0 amide bonds. The number of hydrogen-bond acceptors (Lipinski definition) is 9. The van der Waals surface area contributed by atoms with E-state index < -0.39 is 46.1 Å². The van der Waals surface area contributed by atoms with E-state index in [1.807, 2.05) is 0 Å². The van der Waals surface area contributed by atoms with E-state index in [0.717, 1.165) is 19.4 Å². The fourth-order valence-corrected chi connectivity index (χ4v) is 11.4. The minimum absolute atomic E-state index is 0.0917. The van der Waals surface area contributed by atoms with E-state index in [9.17, 15) is 20.1 Å². The van der Waals surface area contributed by atoms with Crippen molar-refractivity contribution in [3.8, 4) is 5.75 Å². The lowest BCUT2D eigenvalue weighted by molar-refractivity contribution is -0.324. The number of carbonyl (C=O) groups excluding carboxylic acids is 1. The Balaban J connectivity index is 1.36. The molecule has 0 radical (unpaired) electrons. The molecule has 9 heteroatoms. The molecule has 7 rings (SSSR count). The molecule has 7 bridgehead atoms. The number of carbonyl (C=O) groups is 1. The predicted octanol–water partition coefficient (Wildman–Crippen LogP) is 1.87. The molecule has 1 saturated heterocycles. The number of aliphatic hydroxyl groups is 3. The largest absolute Gasteiger partial charge is 0.497 e. The molecule has 1 spiro atoms.